The number of carbonyl (C=O) groups is 2. The Kier molecular flexibility index (Phi) is 6.84. The molecule has 2 fully saturated rings. The maximum atomic E-state index is 12.5. The second-order valence-electron chi connectivity index (χ2n) is 7.90. The molecule has 1 aromatic rings. The smallest absolute Gasteiger partial charge is 0.314 e. The molecule has 0 radical (unpaired) electrons. The van der Waals surface area contributed by atoms with E-state index in [9.17, 15) is 9.59 Å². The standard InChI is InChI=1S/C23H30O4/c1-3-22(24)18-10-14-21(15-11-18)27-23(25)19-6-4-16(5-7-19)17-8-12-20(26-2)13-9-17/h3,10-11,14-17,19-20H,1,4-9,12-13H2,2H3. The van der Waals surface area contributed by atoms with Crippen molar-refractivity contribution in [2.45, 2.75) is 57.5 Å². The fraction of sp³-hybridized carbons (Fsp3) is 0.565. The van der Waals surface area contributed by atoms with Crippen LogP contribution in [0.4, 0.5) is 0 Å². The third-order valence-electron chi connectivity index (χ3n) is 6.37. The average molecular weight is 370 g/mol. The van der Waals surface area contributed by atoms with E-state index in [1.165, 1.54) is 31.8 Å². The Morgan fingerprint density at radius 2 is 1.48 bits per heavy atom. The topological polar surface area (TPSA) is 52.6 Å². The molecular weight excluding hydrogens is 340 g/mol. The van der Waals surface area contributed by atoms with E-state index >= 15 is 0 Å². The summed E-state index contributed by atoms with van der Waals surface area (Å²) >= 11 is 0. The van der Waals surface area contributed by atoms with E-state index in [-0.39, 0.29) is 17.7 Å². The predicted molar refractivity (Wildman–Crippen MR) is 105 cm³/mol. The second-order valence-corrected chi connectivity index (χ2v) is 7.90. The molecule has 0 aromatic heterocycles. The van der Waals surface area contributed by atoms with Crippen molar-refractivity contribution in [2.24, 2.45) is 17.8 Å². The summed E-state index contributed by atoms with van der Waals surface area (Å²) in [5.41, 5.74) is 0.550. The normalized spacial score (nSPS) is 28.3. The van der Waals surface area contributed by atoms with Gasteiger partial charge in [0.2, 0.25) is 0 Å². The minimum atomic E-state index is -0.140. The molecule has 4 heteroatoms. The van der Waals surface area contributed by atoms with Crippen LogP contribution in [0.3, 0.4) is 0 Å². The molecule has 0 spiro atoms. The molecule has 3 rings (SSSR count). The second kappa shape index (κ2) is 9.32. The molecule has 0 N–H and O–H groups in total. The number of carbonyl (C=O) groups excluding carboxylic acids is 2. The van der Waals surface area contributed by atoms with Gasteiger partial charge in [-0.3, -0.25) is 9.59 Å². The quantitative estimate of drug-likeness (QED) is 0.307. The first-order valence-electron chi connectivity index (χ1n) is 10.1. The van der Waals surface area contributed by atoms with Crippen LogP contribution in [0.1, 0.15) is 61.7 Å². The first-order chi connectivity index (χ1) is 13.1. The maximum absolute atomic E-state index is 12.5. The zero-order chi connectivity index (χ0) is 19.2. The molecular formula is C23H30O4. The van der Waals surface area contributed by atoms with Crippen LogP contribution < -0.4 is 4.74 Å². The fourth-order valence-electron chi connectivity index (χ4n) is 4.63. The lowest BCUT2D eigenvalue weighted by Crippen LogP contribution is -2.31. The van der Waals surface area contributed by atoms with Gasteiger partial charge in [-0.15, -0.1) is 0 Å². The van der Waals surface area contributed by atoms with E-state index in [0.717, 1.165) is 37.5 Å². The van der Waals surface area contributed by atoms with Crippen LogP contribution in [-0.2, 0) is 9.53 Å². The summed E-state index contributed by atoms with van der Waals surface area (Å²) in [4.78, 5) is 24.0. The Balaban J connectivity index is 1.46. The number of ether oxygens (including phenoxy) is 2. The van der Waals surface area contributed by atoms with Crippen LogP contribution in [0, 0.1) is 17.8 Å². The summed E-state index contributed by atoms with van der Waals surface area (Å²) < 4.78 is 11.0. The van der Waals surface area contributed by atoms with Crippen molar-refractivity contribution in [1.82, 2.24) is 0 Å². The Morgan fingerprint density at radius 3 is 2.00 bits per heavy atom. The fourth-order valence-corrected chi connectivity index (χ4v) is 4.63. The number of hydrogen-bond donors (Lipinski definition) is 0. The van der Waals surface area contributed by atoms with Gasteiger partial charge in [0.05, 0.1) is 12.0 Å². The molecule has 2 saturated carbocycles. The van der Waals surface area contributed by atoms with Crippen molar-refractivity contribution >= 4 is 11.8 Å². The van der Waals surface area contributed by atoms with Crippen molar-refractivity contribution in [2.75, 3.05) is 7.11 Å². The number of methoxy groups -OCH3 is 1. The van der Waals surface area contributed by atoms with Crippen LogP contribution in [0.15, 0.2) is 36.9 Å². The molecule has 0 aliphatic heterocycles. The molecule has 0 heterocycles. The summed E-state index contributed by atoms with van der Waals surface area (Å²) in [6.45, 7) is 3.48. The van der Waals surface area contributed by atoms with Gasteiger partial charge in [-0.05, 0) is 93.5 Å². The van der Waals surface area contributed by atoms with E-state index in [1.807, 2.05) is 7.11 Å². The zero-order valence-corrected chi connectivity index (χ0v) is 16.2. The predicted octanol–water partition coefficient (Wildman–Crippen LogP) is 4.97. The number of ketones is 1. The third-order valence-corrected chi connectivity index (χ3v) is 6.37. The van der Waals surface area contributed by atoms with Crippen LogP contribution in [-0.4, -0.2) is 25.0 Å². The van der Waals surface area contributed by atoms with Gasteiger partial charge in [0.25, 0.3) is 0 Å². The minimum absolute atomic E-state index is 0.00829. The van der Waals surface area contributed by atoms with Crippen LogP contribution >= 0.6 is 0 Å². The molecule has 1 aromatic carbocycles. The summed E-state index contributed by atoms with van der Waals surface area (Å²) in [5.74, 6) is 1.76. The van der Waals surface area contributed by atoms with Gasteiger partial charge in [0.1, 0.15) is 5.75 Å². The van der Waals surface area contributed by atoms with Crippen molar-refractivity contribution in [3.05, 3.63) is 42.5 Å². The van der Waals surface area contributed by atoms with Crippen LogP contribution in [0.25, 0.3) is 0 Å². The summed E-state index contributed by atoms with van der Waals surface area (Å²) in [6.07, 6.45) is 10.7. The lowest BCUT2D eigenvalue weighted by Gasteiger charge is -2.37. The molecule has 0 saturated heterocycles. The Hall–Kier alpha value is -1.94. The first-order valence-corrected chi connectivity index (χ1v) is 10.1. The van der Waals surface area contributed by atoms with E-state index in [4.69, 9.17) is 9.47 Å². The molecule has 0 unspecified atom stereocenters. The minimum Gasteiger partial charge on any atom is -0.426 e. The Labute approximate surface area is 161 Å². The highest BCUT2D eigenvalue weighted by Gasteiger charge is 2.33. The molecule has 0 atom stereocenters. The molecule has 2 aliphatic carbocycles. The molecule has 4 nitrogen and oxygen atoms in total. The van der Waals surface area contributed by atoms with Crippen molar-refractivity contribution in [3.8, 4) is 5.75 Å². The van der Waals surface area contributed by atoms with Crippen LogP contribution in [0.5, 0.6) is 5.75 Å². The maximum Gasteiger partial charge on any atom is 0.314 e. The van der Waals surface area contributed by atoms with Gasteiger partial charge >= 0.3 is 5.97 Å². The lowest BCUT2D eigenvalue weighted by molar-refractivity contribution is -0.140. The number of rotatable bonds is 6. The third kappa shape index (κ3) is 5.07. The monoisotopic (exact) mass is 370 g/mol. The zero-order valence-electron chi connectivity index (χ0n) is 16.2. The number of benzene rings is 1. The number of hydrogen-bond acceptors (Lipinski definition) is 4. The molecule has 0 amide bonds. The van der Waals surface area contributed by atoms with E-state index in [0.29, 0.717) is 17.4 Å². The summed E-state index contributed by atoms with van der Waals surface area (Å²) in [7, 11) is 1.81. The summed E-state index contributed by atoms with van der Waals surface area (Å²) in [6, 6.07) is 6.68. The lowest BCUT2D eigenvalue weighted by atomic mass is 9.70. The largest absolute Gasteiger partial charge is 0.426 e. The van der Waals surface area contributed by atoms with E-state index in [1.54, 1.807) is 24.3 Å². The highest BCUT2D eigenvalue weighted by atomic mass is 16.5. The summed E-state index contributed by atoms with van der Waals surface area (Å²) in [5, 5.41) is 0. The van der Waals surface area contributed by atoms with Crippen molar-refractivity contribution in [3.63, 3.8) is 0 Å². The highest BCUT2D eigenvalue weighted by Crippen LogP contribution is 2.40. The Morgan fingerprint density at radius 1 is 0.926 bits per heavy atom. The molecule has 0 bridgehead atoms. The number of allylic oxidation sites excluding steroid dienone is 1. The SMILES string of the molecule is C=CC(=O)c1ccc(OC(=O)C2CCC(C3CCC(OC)CC3)CC2)cc1. The van der Waals surface area contributed by atoms with Gasteiger partial charge in [0, 0.05) is 12.7 Å². The number of esters is 1. The van der Waals surface area contributed by atoms with Gasteiger partial charge < -0.3 is 9.47 Å². The molecule has 146 valence electrons. The van der Waals surface area contributed by atoms with Gasteiger partial charge in [-0.25, -0.2) is 0 Å². The average Bonchev–Trinajstić information content (AvgIpc) is 2.74. The Bertz CT molecular complexity index is 647. The van der Waals surface area contributed by atoms with Gasteiger partial charge in [0.15, 0.2) is 5.78 Å². The highest BCUT2D eigenvalue weighted by molar-refractivity contribution is 6.04. The van der Waals surface area contributed by atoms with E-state index in [2.05, 4.69) is 6.58 Å². The van der Waals surface area contributed by atoms with Crippen molar-refractivity contribution < 1.29 is 19.1 Å². The molecule has 2 aliphatic rings. The molecule has 27 heavy (non-hydrogen) atoms. The van der Waals surface area contributed by atoms with Gasteiger partial charge in [-0.1, -0.05) is 6.58 Å². The first kappa shape index (κ1) is 19.8. The van der Waals surface area contributed by atoms with Gasteiger partial charge in [-0.2, -0.15) is 0 Å². The van der Waals surface area contributed by atoms with Crippen LogP contribution in [0.2, 0.25) is 0 Å². The van der Waals surface area contributed by atoms with E-state index < -0.39 is 0 Å². The van der Waals surface area contributed by atoms with Crippen molar-refractivity contribution in [1.29, 1.82) is 0 Å².